The van der Waals surface area contributed by atoms with E-state index in [1.54, 1.807) is 6.07 Å². The van der Waals surface area contributed by atoms with E-state index in [0.29, 0.717) is 12.0 Å². The number of ether oxygens (including phenoxy) is 1. The van der Waals surface area contributed by atoms with Crippen LogP contribution in [0.5, 0.6) is 5.75 Å². The van der Waals surface area contributed by atoms with Gasteiger partial charge in [-0.2, -0.15) is 0 Å². The third-order valence-electron chi connectivity index (χ3n) is 8.64. The van der Waals surface area contributed by atoms with Crippen LogP contribution in [-0.4, -0.2) is 53.9 Å². The lowest BCUT2D eigenvalue weighted by Gasteiger charge is -2.19. The summed E-state index contributed by atoms with van der Waals surface area (Å²) in [5.41, 5.74) is 9.91. The number of benzene rings is 3. The summed E-state index contributed by atoms with van der Waals surface area (Å²) in [5.74, 6) is -0.0534. The molecule has 0 radical (unpaired) electrons. The number of carboxylic acid groups (broad SMARTS) is 1. The minimum Gasteiger partial charge on any atom is -0.489 e. The second-order valence-corrected chi connectivity index (χ2v) is 12.3. The number of carboxylic acids is 1. The Labute approximate surface area is 249 Å². The monoisotopic (exact) mass is 570 g/mol. The molecule has 222 valence electrons. The quantitative estimate of drug-likeness (QED) is 0.289. The SMILES string of the molecule is C.CC1(C)Cc2cc(C3=C(c4ccc(O[C@H]5CCN(CCCF)C5)cc4)c4ccc(C(=O)O)cc4CCC3)ccc2N1. The van der Waals surface area contributed by atoms with Crippen LogP contribution in [0.1, 0.15) is 85.1 Å². The van der Waals surface area contributed by atoms with Crippen LogP contribution in [0.2, 0.25) is 0 Å². The molecule has 1 aliphatic carbocycles. The molecular weight excluding hydrogens is 527 g/mol. The van der Waals surface area contributed by atoms with Gasteiger partial charge in [-0.15, -0.1) is 0 Å². The smallest absolute Gasteiger partial charge is 0.335 e. The van der Waals surface area contributed by atoms with Crippen molar-refractivity contribution in [2.75, 3.05) is 31.6 Å². The number of allylic oxidation sites excluding steroid dienone is 1. The van der Waals surface area contributed by atoms with E-state index in [-0.39, 0.29) is 25.7 Å². The van der Waals surface area contributed by atoms with Gasteiger partial charge in [0.2, 0.25) is 0 Å². The van der Waals surface area contributed by atoms with Crippen molar-refractivity contribution >= 4 is 22.8 Å². The summed E-state index contributed by atoms with van der Waals surface area (Å²) in [7, 11) is 0. The molecule has 1 saturated heterocycles. The van der Waals surface area contributed by atoms with Gasteiger partial charge in [-0.25, -0.2) is 4.79 Å². The van der Waals surface area contributed by atoms with Crippen molar-refractivity contribution in [2.24, 2.45) is 0 Å². The number of aryl methyl sites for hydroxylation is 1. The second-order valence-electron chi connectivity index (χ2n) is 12.3. The van der Waals surface area contributed by atoms with Gasteiger partial charge in [-0.3, -0.25) is 9.29 Å². The van der Waals surface area contributed by atoms with Crippen LogP contribution in [0.25, 0.3) is 11.1 Å². The maximum Gasteiger partial charge on any atom is 0.335 e. The van der Waals surface area contributed by atoms with E-state index >= 15 is 0 Å². The number of anilines is 1. The molecule has 0 bridgehead atoms. The number of halogens is 1. The van der Waals surface area contributed by atoms with Gasteiger partial charge in [0, 0.05) is 30.9 Å². The normalized spacial score (nSPS) is 19.4. The number of nitrogens with zero attached hydrogens (tertiary/aromatic N) is 1. The highest BCUT2D eigenvalue weighted by Gasteiger charge is 2.29. The van der Waals surface area contributed by atoms with Crippen LogP contribution in [0.4, 0.5) is 10.1 Å². The lowest BCUT2D eigenvalue weighted by atomic mass is 9.86. The summed E-state index contributed by atoms with van der Waals surface area (Å²) >= 11 is 0. The first-order valence-corrected chi connectivity index (χ1v) is 14.9. The molecule has 2 N–H and O–H groups in total. The van der Waals surface area contributed by atoms with E-state index in [4.69, 9.17) is 4.74 Å². The van der Waals surface area contributed by atoms with Gasteiger partial charge in [-0.1, -0.05) is 31.7 Å². The van der Waals surface area contributed by atoms with E-state index < -0.39 is 5.97 Å². The molecule has 3 aromatic carbocycles. The first kappa shape index (κ1) is 29.8. The van der Waals surface area contributed by atoms with Crippen molar-refractivity contribution in [2.45, 2.75) is 71.4 Å². The molecule has 42 heavy (non-hydrogen) atoms. The van der Waals surface area contributed by atoms with Crippen molar-refractivity contribution in [1.82, 2.24) is 4.90 Å². The molecule has 1 atom stereocenters. The minimum absolute atomic E-state index is 0. The van der Waals surface area contributed by atoms with Gasteiger partial charge in [0.1, 0.15) is 11.9 Å². The maximum absolute atomic E-state index is 12.6. The first-order chi connectivity index (χ1) is 19.8. The Hall–Kier alpha value is -3.64. The first-order valence-electron chi connectivity index (χ1n) is 14.9. The fourth-order valence-electron chi connectivity index (χ4n) is 6.75. The number of hydrogen-bond donors (Lipinski definition) is 2. The van der Waals surface area contributed by atoms with Crippen molar-refractivity contribution < 1.29 is 19.0 Å². The zero-order valence-corrected chi connectivity index (χ0v) is 24.0. The average molecular weight is 571 g/mol. The zero-order valence-electron chi connectivity index (χ0n) is 24.0. The Balaban J connectivity index is 0.00000353. The fraction of sp³-hybridized carbons (Fsp3) is 0.417. The van der Waals surface area contributed by atoms with Crippen molar-refractivity contribution in [3.8, 4) is 5.75 Å². The summed E-state index contributed by atoms with van der Waals surface area (Å²) in [6, 6.07) is 20.7. The average Bonchev–Trinajstić information content (AvgIpc) is 3.47. The summed E-state index contributed by atoms with van der Waals surface area (Å²) < 4.78 is 18.9. The predicted molar refractivity (Wildman–Crippen MR) is 169 cm³/mol. The molecule has 0 amide bonds. The largest absolute Gasteiger partial charge is 0.489 e. The van der Waals surface area contributed by atoms with Crippen LogP contribution in [0.3, 0.4) is 0 Å². The maximum atomic E-state index is 12.6. The highest BCUT2D eigenvalue weighted by molar-refractivity contribution is 6.01. The van der Waals surface area contributed by atoms with Gasteiger partial charge in [-0.05, 0) is 128 Å². The number of likely N-dealkylation sites (tertiary alicyclic amines) is 1. The standard InChI is InChI=1S/C35H39FN2O3.CH4/c1-35(2)21-27-20-25(10-14-32(27)37-35)30-6-3-5-24-19-26(34(39)40)9-13-31(24)33(30)23-7-11-28(12-8-23)41-29-15-18-38(22-29)17-4-16-36;/h7-14,19-20,29,37H,3-6,15-18,21-22H2,1-2H3,(H,39,40);1H4/t29-;/m0./s1. The molecule has 5 nitrogen and oxygen atoms in total. The molecule has 0 aromatic heterocycles. The number of alkyl halides is 1. The van der Waals surface area contributed by atoms with Gasteiger partial charge in [0.15, 0.2) is 0 Å². The fourth-order valence-corrected chi connectivity index (χ4v) is 6.75. The summed E-state index contributed by atoms with van der Waals surface area (Å²) in [5, 5.41) is 13.3. The Kier molecular flexibility index (Phi) is 8.74. The highest BCUT2D eigenvalue weighted by atomic mass is 19.1. The zero-order chi connectivity index (χ0) is 28.6. The minimum atomic E-state index is -0.895. The Morgan fingerprint density at radius 1 is 1.05 bits per heavy atom. The number of nitrogens with one attached hydrogen (secondary N) is 1. The van der Waals surface area contributed by atoms with E-state index in [9.17, 15) is 14.3 Å². The lowest BCUT2D eigenvalue weighted by Crippen LogP contribution is -2.26. The molecule has 6 rings (SSSR count). The lowest BCUT2D eigenvalue weighted by molar-refractivity contribution is 0.0696. The van der Waals surface area contributed by atoms with E-state index in [1.165, 1.54) is 28.0 Å². The highest BCUT2D eigenvalue weighted by Crippen LogP contribution is 2.42. The third-order valence-corrected chi connectivity index (χ3v) is 8.64. The summed E-state index contributed by atoms with van der Waals surface area (Å²) in [6.07, 6.45) is 5.33. The molecule has 2 heterocycles. The number of fused-ring (bicyclic) bond motifs is 2. The van der Waals surface area contributed by atoms with E-state index in [2.05, 4.69) is 66.5 Å². The van der Waals surface area contributed by atoms with E-state index in [1.807, 2.05) is 12.1 Å². The van der Waals surface area contributed by atoms with Crippen LogP contribution in [-0.2, 0) is 12.8 Å². The van der Waals surface area contributed by atoms with Crippen molar-refractivity contribution in [3.05, 3.63) is 94.0 Å². The predicted octanol–water partition coefficient (Wildman–Crippen LogP) is 7.88. The Morgan fingerprint density at radius 2 is 1.83 bits per heavy atom. The molecule has 0 saturated carbocycles. The molecule has 3 aliphatic rings. The molecule has 0 unspecified atom stereocenters. The molecule has 2 aliphatic heterocycles. The van der Waals surface area contributed by atoms with Crippen LogP contribution < -0.4 is 10.1 Å². The third kappa shape index (κ3) is 6.24. The number of rotatable bonds is 8. The number of hydrogen-bond acceptors (Lipinski definition) is 4. The van der Waals surface area contributed by atoms with Crippen LogP contribution in [0, 0.1) is 0 Å². The van der Waals surface area contributed by atoms with Gasteiger partial charge >= 0.3 is 5.97 Å². The molecule has 3 aromatic rings. The molecular formula is C36H43FN2O3. The number of aromatic carboxylic acids is 1. The van der Waals surface area contributed by atoms with Crippen LogP contribution >= 0.6 is 0 Å². The summed E-state index contributed by atoms with van der Waals surface area (Å²) in [6.45, 7) is 6.75. The number of carbonyl (C=O) groups is 1. The van der Waals surface area contributed by atoms with Crippen LogP contribution in [0.15, 0.2) is 60.7 Å². The van der Waals surface area contributed by atoms with Crippen molar-refractivity contribution in [3.63, 3.8) is 0 Å². The summed E-state index contributed by atoms with van der Waals surface area (Å²) in [4.78, 5) is 14.0. The van der Waals surface area contributed by atoms with E-state index in [0.717, 1.165) is 74.2 Å². The topological polar surface area (TPSA) is 61.8 Å². The van der Waals surface area contributed by atoms with Crippen molar-refractivity contribution in [1.29, 1.82) is 0 Å². The Morgan fingerprint density at radius 3 is 2.60 bits per heavy atom. The second kappa shape index (κ2) is 12.3. The van der Waals surface area contributed by atoms with Gasteiger partial charge in [0.05, 0.1) is 12.2 Å². The van der Waals surface area contributed by atoms with Gasteiger partial charge < -0.3 is 15.2 Å². The van der Waals surface area contributed by atoms with Gasteiger partial charge in [0.25, 0.3) is 0 Å². The molecule has 1 fully saturated rings. The molecule has 6 heteroatoms. The Bertz CT molecular complexity index is 1480. The molecule has 0 spiro atoms.